The Kier molecular flexibility index (Phi) is 5.38. The van der Waals surface area contributed by atoms with E-state index in [1.54, 1.807) is 6.92 Å². The predicted molar refractivity (Wildman–Crippen MR) is 106 cm³/mol. The second kappa shape index (κ2) is 8.03. The Labute approximate surface area is 179 Å². The Morgan fingerprint density at radius 2 is 2.06 bits per heavy atom. The molecule has 1 aliphatic rings. The number of hydrogen-bond donors (Lipinski definition) is 2. The molecule has 4 rings (SSSR count). The van der Waals surface area contributed by atoms with Crippen molar-refractivity contribution in [1.29, 1.82) is 5.26 Å². The third kappa shape index (κ3) is 4.16. The normalized spacial score (nSPS) is 14.7. The number of aromatic nitrogens is 4. The van der Waals surface area contributed by atoms with Gasteiger partial charge in [-0.15, -0.1) is 5.10 Å². The van der Waals surface area contributed by atoms with E-state index in [0.717, 1.165) is 12.8 Å². The molecule has 0 bridgehead atoms. The molecule has 3 aromatic rings. The lowest BCUT2D eigenvalue weighted by Gasteiger charge is -2.18. The third-order valence-corrected chi connectivity index (χ3v) is 5.26. The molecule has 1 fully saturated rings. The van der Waals surface area contributed by atoms with Crippen molar-refractivity contribution in [3.8, 4) is 6.07 Å². The molecule has 0 aliphatic heterocycles. The topological polar surface area (TPSA) is 124 Å². The molecule has 0 unspecified atom stereocenters. The van der Waals surface area contributed by atoms with Crippen molar-refractivity contribution in [1.82, 2.24) is 25.5 Å². The zero-order valence-corrected chi connectivity index (χ0v) is 16.8. The number of hydrogen-bond acceptors (Lipinski definition) is 6. The summed E-state index contributed by atoms with van der Waals surface area (Å²) in [6.45, 7) is 1.57. The standard InChI is InChI=1S/C21H17F3N6O2/c1-10(14-5-4-12(9-25)29-30-14)27-16(31)8-13-18(21(22,23)24)17-15(28-20(13)32)6-7-26-19(17)11-2-3-11/h4-7,10-11H,2-3,8H2,1H3,(H,27,31)(H,28,32)/t10-/m1/s1. The van der Waals surface area contributed by atoms with Crippen molar-refractivity contribution in [2.24, 2.45) is 0 Å². The Bertz CT molecular complexity index is 1290. The molecule has 1 atom stereocenters. The zero-order valence-electron chi connectivity index (χ0n) is 16.8. The van der Waals surface area contributed by atoms with Crippen molar-refractivity contribution in [2.45, 2.75) is 44.3 Å². The summed E-state index contributed by atoms with van der Waals surface area (Å²) in [5.74, 6) is -0.877. The molecule has 0 radical (unpaired) electrons. The van der Waals surface area contributed by atoms with E-state index in [-0.39, 0.29) is 28.2 Å². The van der Waals surface area contributed by atoms with Crippen LogP contribution in [0.5, 0.6) is 0 Å². The number of alkyl halides is 3. The van der Waals surface area contributed by atoms with Gasteiger partial charge >= 0.3 is 6.18 Å². The highest BCUT2D eigenvalue weighted by molar-refractivity contribution is 5.88. The Morgan fingerprint density at radius 1 is 1.31 bits per heavy atom. The van der Waals surface area contributed by atoms with E-state index in [4.69, 9.17) is 5.26 Å². The first-order chi connectivity index (χ1) is 15.2. The minimum absolute atomic E-state index is 0.0459. The molecular formula is C21H17F3N6O2. The van der Waals surface area contributed by atoms with Gasteiger partial charge in [-0.1, -0.05) is 0 Å². The quantitative estimate of drug-likeness (QED) is 0.626. The summed E-state index contributed by atoms with van der Waals surface area (Å²) in [7, 11) is 0. The fourth-order valence-corrected chi connectivity index (χ4v) is 3.62. The molecule has 11 heteroatoms. The summed E-state index contributed by atoms with van der Waals surface area (Å²) in [5.41, 5.74) is -2.01. The lowest BCUT2D eigenvalue weighted by Crippen LogP contribution is -2.32. The van der Waals surface area contributed by atoms with Gasteiger partial charge < -0.3 is 10.3 Å². The van der Waals surface area contributed by atoms with Gasteiger partial charge in [-0.05, 0) is 38.0 Å². The van der Waals surface area contributed by atoms with Crippen molar-refractivity contribution >= 4 is 16.8 Å². The lowest BCUT2D eigenvalue weighted by molar-refractivity contribution is -0.137. The third-order valence-electron chi connectivity index (χ3n) is 5.26. The zero-order chi connectivity index (χ0) is 23.0. The minimum Gasteiger partial charge on any atom is -0.348 e. The van der Waals surface area contributed by atoms with Crippen LogP contribution < -0.4 is 10.9 Å². The number of carbonyl (C=O) groups excluding carboxylic acids is 1. The van der Waals surface area contributed by atoms with Gasteiger partial charge in [-0.3, -0.25) is 14.6 Å². The minimum atomic E-state index is -4.85. The van der Waals surface area contributed by atoms with Crippen molar-refractivity contribution in [3.05, 3.63) is 63.0 Å². The second-order valence-corrected chi connectivity index (χ2v) is 7.62. The van der Waals surface area contributed by atoms with E-state index in [9.17, 15) is 22.8 Å². The number of nitriles is 1. The number of rotatable bonds is 5. The van der Waals surface area contributed by atoms with Crippen LogP contribution in [0.25, 0.3) is 10.9 Å². The Hall–Kier alpha value is -3.81. The molecule has 3 heterocycles. The summed E-state index contributed by atoms with van der Waals surface area (Å²) >= 11 is 0. The van der Waals surface area contributed by atoms with Gasteiger partial charge in [0, 0.05) is 23.1 Å². The molecule has 1 aliphatic carbocycles. The van der Waals surface area contributed by atoms with Crippen molar-refractivity contribution < 1.29 is 18.0 Å². The highest BCUT2D eigenvalue weighted by Gasteiger charge is 2.40. The largest absolute Gasteiger partial charge is 0.417 e. The number of halogens is 3. The molecule has 2 N–H and O–H groups in total. The maximum Gasteiger partial charge on any atom is 0.417 e. The van der Waals surface area contributed by atoms with Crippen molar-refractivity contribution in [2.75, 3.05) is 0 Å². The number of pyridine rings is 2. The molecular weight excluding hydrogens is 425 g/mol. The van der Waals surface area contributed by atoms with Gasteiger partial charge in [0.1, 0.15) is 6.07 Å². The molecule has 1 saturated carbocycles. The van der Waals surface area contributed by atoms with Gasteiger partial charge in [-0.25, -0.2) is 0 Å². The van der Waals surface area contributed by atoms with Crippen LogP contribution in [0.1, 0.15) is 59.9 Å². The van der Waals surface area contributed by atoms with Crippen LogP contribution in [0.4, 0.5) is 13.2 Å². The lowest BCUT2D eigenvalue weighted by atomic mass is 9.97. The van der Waals surface area contributed by atoms with Crippen LogP contribution >= 0.6 is 0 Å². The Balaban J connectivity index is 1.70. The van der Waals surface area contributed by atoms with Crippen LogP contribution in [0, 0.1) is 11.3 Å². The smallest absolute Gasteiger partial charge is 0.348 e. The van der Waals surface area contributed by atoms with E-state index in [1.807, 2.05) is 6.07 Å². The monoisotopic (exact) mass is 442 g/mol. The number of H-pyrrole nitrogens is 1. The molecule has 0 aromatic carbocycles. The SMILES string of the molecule is C[C@@H](NC(=O)Cc1c(C(F)(F)F)c2c(C3CC3)nccc2[nH]c1=O)c1ccc(C#N)nn1. The molecule has 0 spiro atoms. The van der Waals surface area contributed by atoms with Gasteiger partial charge in [-0.2, -0.15) is 23.5 Å². The second-order valence-electron chi connectivity index (χ2n) is 7.62. The molecule has 164 valence electrons. The average molecular weight is 442 g/mol. The maximum absolute atomic E-state index is 14.1. The maximum atomic E-state index is 14.1. The first kappa shape index (κ1) is 21.4. The van der Waals surface area contributed by atoms with E-state index in [1.165, 1.54) is 24.4 Å². The summed E-state index contributed by atoms with van der Waals surface area (Å²) in [6.07, 6.45) is -2.80. The van der Waals surface area contributed by atoms with Gasteiger partial charge in [0.25, 0.3) is 5.56 Å². The fourth-order valence-electron chi connectivity index (χ4n) is 3.62. The van der Waals surface area contributed by atoms with E-state index < -0.39 is 41.2 Å². The first-order valence-corrected chi connectivity index (χ1v) is 9.83. The fraction of sp³-hybridized carbons (Fsp3) is 0.333. The number of carbonyl (C=O) groups is 1. The summed E-state index contributed by atoms with van der Waals surface area (Å²) in [4.78, 5) is 31.7. The van der Waals surface area contributed by atoms with Gasteiger partial charge in [0.15, 0.2) is 5.69 Å². The van der Waals surface area contributed by atoms with Crippen LogP contribution in [-0.2, 0) is 17.4 Å². The number of nitrogens with zero attached hydrogens (tertiary/aromatic N) is 4. The van der Waals surface area contributed by atoms with Gasteiger partial charge in [0.2, 0.25) is 5.91 Å². The number of fused-ring (bicyclic) bond motifs is 1. The summed E-state index contributed by atoms with van der Waals surface area (Å²) in [5, 5.41) is 18.6. The molecule has 3 aromatic heterocycles. The van der Waals surface area contributed by atoms with Crippen LogP contribution in [0.2, 0.25) is 0 Å². The first-order valence-electron chi connectivity index (χ1n) is 9.83. The predicted octanol–water partition coefficient (Wildman–Crippen LogP) is 2.90. The van der Waals surface area contributed by atoms with E-state index in [2.05, 4.69) is 25.5 Å². The molecule has 1 amide bonds. The van der Waals surface area contributed by atoms with Crippen LogP contribution in [0.3, 0.4) is 0 Å². The van der Waals surface area contributed by atoms with E-state index in [0.29, 0.717) is 5.69 Å². The number of amides is 1. The molecule has 8 nitrogen and oxygen atoms in total. The summed E-state index contributed by atoms with van der Waals surface area (Å²) in [6, 6.07) is 5.34. The van der Waals surface area contributed by atoms with Crippen LogP contribution in [0.15, 0.2) is 29.2 Å². The van der Waals surface area contributed by atoms with Crippen LogP contribution in [-0.4, -0.2) is 26.1 Å². The number of nitrogens with one attached hydrogen (secondary N) is 2. The number of aromatic amines is 1. The highest BCUT2D eigenvalue weighted by atomic mass is 19.4. The van der Waals surface area contributed by atoms with Crippen molar-refractivity contribution in [3.63, 3.8) is 0 Å². The highest BCUT2D eigenvalue weighted by Crippen LogP contribution is 2.45. The van der Waals surface area contributed by atoms with E-state index >= 15 is 0 Å². The molecule has 0 saturated heterocycles. The van der Waals surface area contributed by atoms with Gasteiger partial charge in [0.05, 0.1) is 34.9 Å². The molecule has 32 heavy (non-hydrogen) atoms. The average Bonchev–Trinajstić information content (AvgIpc) is 3.58. The summed E-state index contributed by atoms with van der Waals surface area (Å²) < 4.78 is 42.3. The Morgan fingerprint density at radius 3 is 2.66 bits per heavy atom.